The molecule has 0 radical (unpaired) electrons. The highest BCUT2D eigenvalue weighted by atomic mass is 16.4. The van der Waals surface area contributed by atoms with Crippen LogP contribution in [0.5, 0.6) is 0 Å². The van der Waals surface area contributed by atoms with Crippen molar-refractivity contribution in [2.75, 3.05) is 72.0 Å². The molecule has 0 aromatic rings. The van der Waals surface area contributed by atoms with Crippen LogP contribution in [0.1, 0.15) is 12.8 Å². The van der Waals surface area contributed by atoms with Gasteiger partial charge in [0.25, 0.3) is 11.8 Å². The summed E-state index contributed by atoms with van der Waals surface area (Å²) in [6.07, 6.45) is 3.29. The third-order valence-corrected chi connectivity index (χ3v) is 5.30. The Morgan fingerprint density at radius 2 is 1.03 bits per heavy atom. The summed E-state index contributed by atoms with van der Waals surface area (Å²) in [7, 11) is 0. The third-order valence-electron chi connectivity index (χ3n) is 5.30. The average Bonchev–Trinajstić information content (AvgIpc) is 3.11. The van der Waals surface area contributed by atoms with Gasteiger partial charge in [0.1, 0.15) is 0 Å². The normalized spacial score (nSPS) is 13.1. The number of carbonyl (C=O) groups is 7. The minimum absolute atomic E-state index is 0.00247. The molecule has 16 heteroatoms. The molecule has 0 aromatic carbocycles. The monoisotopic (exact) mass is 543 g/mol. The first kappa shape index (κ1) is 32.1. The van der Waals surface area contributed by atoms with Crippen molar-refractivity contribution in [1.82, 2.24) is 24.9 Å². The Labute approximate surface area is 218 Å². The van der Waals surface area contributed by atoms with Gasteiger partial charge in [0.2, 0.25) is 5.91 Å². The number of carboxylic acids is 4. The molecule has 0 aromatic heterocycles. The van der Waals surface area contributed by atoms with Crippen LogP contribution in [0.4, 0.5) is 0 Å². The van der Waals surface area contributed by atoms with Crippen molar-refractivity contribution >= 4 is 41.6 Å². The van der Waals surface area contributed by atoms with Crippen LogP contribution in [0.25, 0.3) is 0 Å². The summed E-state index contributed by atoms with van der Waals surface area (Å²) in [5.74, 6) is -6.14. The standard InChI is InChI=1S/C22H33N5O11/c28-16(23-5-1-2-6-27-17(29)3-4-18(27)30)11-25(13-20(33)34)9-7-24(12-19(31)32)8-10-26(14-21(35)36)15-22(37)38/h3-4H,1-2,5-15H2,(H,23,28)(H,31,32)(H,33,34)(H,35,36)(H,37,38). The van der Waals surface area contributed by atoms with E-state index < -0.39 is 67.8 Å². The molecule has 212 valence electrons. The summed E-state index contributed by atoms with van der Waals surface area (Å²) in [5.41, 5.74) is 0. The first-order chi connectivity index (χ1) is 17.9. The number of nitrogens with zero attached hydrogens (tertiary/aromatic N) is 4. The molecule has 0 spiro atoms. The van der Waals surface area contributed by atoms with E-state index in [-0.39, 0.29) is 45.8 Å². The maximum absolute atomic E-state index is 12.3. The Balaban J connectivity index is 2.55. The lowest BCUT2D eigenvalue weighted by atomic mass is 10.3. The van der Waals surface area contributed by atoms with Gasteiger partial charge in [-0.25, -0.2) is 0 Å². The molecule has 0 atom stereocenters. The van der Waals surface area contributed by atoms with Crippen LogP contribution in [0.15, 0.2) is 12.2 Å². The van der Waals surface area contributed by atoms with Crippen LogP contribution < -0.4 is 5.32 Å². The number of carboxylic acid groups (broad SMARTS) is 4. The molecule has 1 aliphatic rings. The number of imide groups is 1. The summed E-state index contributed by atoms with van der Waals surface area (Å²) in [6.45, 7) is -1.95. The van der Waals surface area contributed by atoms with Crippen molar-refractivity contribution < 1.29 is 54.0 Å². The van der Waals surface area contributed by atoms with Gasteiger partial charge in [0.05, 0.1) is 32.7 Å². The van der Waals surface area contributed by atoms with E-state index in [1.165, 1.54) is 22.0 Å². The summed E-state index contributed by atoms with van der Waals surface area (Å²) in [6, 6.07) is 0. The smallest absolute Gasteiger partial charge is 0.317 e. The van der Waals surface area contributed by atoms with Crippen molar-refractivity contribution in [3.8, 4) is 0 Å². The molecule has 0 bridgehead atoms. The molecule has 1 heterocycles. The highest BCUT2D eigenvalue weighted by Gasteiger charge is 2.22. The van der Waals surface area contributed by atoms with Gasteiger partial charge in [0.15, 0.2) is 0 Å². The minimum atomic E-state index is -1.25. The van der Waals surface area contributed by atoms with E-state index in [0.717, 1.165) is 9.80 Å². The molecule has 0 aliphatic carbocycles. The molecule has 5 N–H and O–H groups in total. The van der Waals surface area contributed by atoms with Crippen molar-refractivity contribution in [3.05, 3.63) is 12.2 Å². The topological polar surface area (TPSA) is 225 Å². The Bertz CT molecular complexity index is 889. The lowest BCUT2D eigenvalue weighted by Gasteiger charge is -2.27. The summed E-state index contributed by atoms with van der Waals surface area (Å²) < 4.78 is 0. The maximum atomic E-state index is 12.3. The molecule has 0 saturated heterocycles. The second-order valence-electron chi connectivity index (χ2n) is 8.49. The first-order valence-corrected chi connectivity index (χ1v) is 11.7. The van der Waals surface area contributed by atoms with Gasteiger partial charge in [-0.05, 0) is 12.8 Å². The fourth-order valence-corrected chi connectivity index (χ4v) is 3.56. The SMILES string of the molecule is O=C(O)CN(CCN(CC(=O)O)CC(=O)O)CCN(CC(=O)O)CC(=O)NCCCCN1C(=O)C=CC1=O. The molecule has 3 amide bonds. The van der Waals surface area contributed by atoms with Crippen LogP contribution >= 0.6 is 0 Å². The van der Waals surface area contributed by atoms with E-state index in [2.05, 4.69) is 5.32 Å². The van der Waals surface area contributed by atoms with E-state index >= 15 is 0 Å². The predicted octanol–water partition coefficient (Wildman–Crippen LogP) is -2.95. The summed E-state index contributed by atoms with van der Waals surface area (Å²) >= 11 is 0. The zero-order valence-electron chi connectivity index (χ0n) is 20.8. The molecule has 38 heavy (non-hydrogen) atoms. The second kappa shape index (κ2) is 16.8. The molecule has 0 saturated carbocycles. The van der Waals surface area contributed by atoms with Gasteiger partial charge >= 0.3 is 23.9 Å². The Morgan fingerprint density at radius 1 is 0.632 bits per heavy atom. The number of hydrogen-bond acceptors (Lipinski definition) is 10. The number of carbonyl (C=O) groups excluding carboxylic acids is 3. The van der Waals surface area contributed by atoms with Crippen molar-refractivity contribution in [2.24, 2.45) is 0 Å². The van der Waals surface area contributed by atoms with E-state index in [4.69, 9.17) is 10.2 Å². The van der Waals surface area contributed by atoms with Crippen molar-refractivity contribution in [2.45, 2.75) is 12.8 Å². The zero-order valence-corrected chi connectivity index (χ0v) is 20.8. The maximum Gasteiger partial charge on any atom is 0.317 e. The van der Waals surface area contributed by atoms with Crippen LogP contribution in [-0.4, -0.2) is 154 Å². The zero-order chi connectivity index (χ0) is 28.7. The molecule has 0 fully saturated rings. The first-order valence-electron chi connectivity index (χ1n) is 11.7. The molecule has 16 nitrogen and oxygen atoms in total. The predicted molar refractivity (Wildman–Crippen MR) is 128 cm³/mol. The van der Waals surface area contributed by atoms with Crippen LogP contribution in [0.3, 0.4) is 0 Å². The van der Waals surface area contributed by atoms with Gasteiger partial charge < -0.3 is 25.7 Å². The van der Waals surface area contributed by atoms with Gasteiger partial charge in [-0.15, -0.1) is 0 Å². The van der Waals surface area contributed by atoms with Gasteiger partial charge in [-0.2, -0.15) is 0 Å². The lowest BCUT2D eigenvalue weighted by Crippen LogP contribution is -2.46. The van der Waals surface area contributed by atoms with E-state index in [1.54, 1.807) is 0 Å². The quantitative estimate of drug-likeness (QED) is 0.0721. The number of unbranched alkanes of at least 4 members (excludes halogenated alkanes) is 1. The highest BCUT2D eigenvalue weighted by Crippen LogP contribution is 2.05. The molecule has 1 rings (SSSR count). The summed E-state index contributed by atoms with van der Waals surface area (Å²) in [5, 5.41) is 38.9. The van der Waals surface area contributed by atoms with E-state index in [1.807, 2.05) is 0 Å². The van der Waals surface area contributed by atoms with Crippen LogP contribution in [0.2, 0.25) is 0 Å². The van der Waals surface area contributed by atoms with Gasteiger partial charge in [0, 0.05) is 51.4 Å². The fraction of sp³-hybridized carbons (Fsp3) is 0.591. The molecular weight excluding hydrogens is 510 g/mol. The second-order valence-corrected chi connectivity index (χ2v) is 8.49. The Morgan fingerprint density at radius 3 is 1.47 bits per heavy atom. The van der Waals surface area contributed by atoms with Crippen LogP contribution in [0, 0.1) is 0 Å². The van der Waals surface area contributed by atoms with Gasteiger partial charge in [-0.1, -0.05) is 0 Å². The average molecular weight is 544 g/mol. The molecule has 1 aliphatic heterocycles. The summed E-state index contributed by atoms with van der Waals surface area (Å²) in [4.78, 5) is 84.6. The Hall–Kier alpha value is -3.89. The lowest BCUT2D eigenvalue weighted by molar-refractivity contribution is -0.143. The number of rotatable bonds is 21. The highest BCUT2D eigenvalue weighted by molar-refractivity contribution is 6.12. The van der Waals surface area contributed by atoms with Gasteiger partial charge in [-0.3, -0.25) is 53.2 Å². The largest absolute Gasteiger partial charge is 0.480 e. The number of aliphatic carboxylic acids is 4. The van der Waals surface area contributed by atoms with E-state index in [9.17, 15) is 43.8 Å². The number of hydrogen-bond donors (Lipinski definition) is 5. The Kier molecular flexibility index (Phi) is 14.2. The minimum Gasteiger partial charge on any atom is -0.480 e. The van der Waals surface area contributed by atoms with E-state index in [0.29, 0.717) is 12.8 Å². The van der Waals surface area contributed by atoms with Crippen LogP contribution in [-0.2, 0) is 33.6 Å². The fourth-order valence-electron chi connectivity index (χ4n) is 3.56. The third kappa shape index (κ3) is 14.0. The number of nitrogens with one attached hydrogen (secondary N) is 1. The molecular formula is C22H33N5O11. The molecule has 0 unspecified atom stereocenters. The number of amides is 3. The van der Waals surface area contributed by atoms with Crippen molar-refractivity contribution in [1.29, 1.82) is 0 Å². The van der Waals surface area contributed by atoms with Crippen molar-refractivity contribution in [3.63, 3.8) is 0 Å².